The van der Waals surface area contributed by atoms with Gasteiger partial charge in [-0.3, -0.25) is 9.78 Å². The van der Waals surface area contributed by atoms with Gasteiger partial charge in [-0.05, 0) is 34.7 Å². The van der Waals surface area contributed by atoms with Crippen molar-refractivity contribution in [2.45, 2.75) is 47.5 Å². The van der Waals surface area contributed by atoms with Crippen molar-refractivity contribution in [1.29, 1.82) is 0 Å². The van der Waals surface area contributed by atoms with E-state index < -0.39 is 0 Å². The number of halogens is 1. The molecule has 0 bridgehead atoms. The summed E-state index contributed by atoms with van der Waals surface area (Å²) in [6, 6.07) is 26.2. The van der Waals surface area contributed by atoms with Gasteiger partial charge < -0.3 is 5.11 Å². The summed E-state index contributed by atoms with van der Waals surface area (Å²) < 4.78 is 13.7. The number of allylic oxidation sites excluding steroid dienone is 2. The van der Waals surface area contributed by atoms with Crippen LogP contribution in [0.1, 0.15) is 46.1 Å². The van der Waals surface area contributed by atoms with Gasteiger partial charge in [0.25, 0.3) is 0 Å². The Labute approximate surface area is 239 Å². The zero-order valence-corrected chi connectivity index (χ0v) is 25.0. The largest absolute Gasteiger partial charge is 0.512 e. The number of aryl methyl sites for hydroxylation is 1. The van der Waals surface area contributed by atoms with Crippen molar-refractivity contribution in [3.63, 3.8) is 0 Å². The zero-order chi connectivity index (χ0) is 26.9. The molecule has 1 radical (unpaired) electrons. The number of hydrogen-bond acceptors (Lipinski definition) is 3. The van der Waals surface area contributed by atoms with Crippen LogP contribution < -0.4 is 0 Å². The molecule has 0 unspecified atom stereocenters. The fourth-order valence-electron chi connectivity index (χ4n) is 4.09. The Morgan fingerprint density at radius 1 is 0.947 bits per heavy atom. The monoisotopic (exact) mass is 689 g/mol. The molecule has 0 amide bonds. The van der Waals surface area contributed by atoms with Gasteiger partial charge in [0.2, 0.25) is 0 Å². The summed E-state index contributed by atoms with van der Waals surface area (Å²) in [5.74, 6) is 0.610. The average molecular weight is 689 g/mol. The summed E-state index contributed by atoms with van der Waals surface area (Å²) >= 11 is 0. The number of rotatable bonds is 7. The molecule has 1 heterocycles. The third-order valence-corrected chi connectivity index (χ3v) is 5.73. The normalized spacial score (nSPS) is 11.2. The Balaban J connectivity index is 0.000000313. The summed E-state index contributed by atoms with van der Waals surface area (Å²) in [6.45, 7) is 9.95. The number of nitrogens with zero attached hydrogens (tertiary/aromatic N) is 1. The third-order valence-electron chi connectivity index (χ3n) is 5.73. The molecule has 5 heteroatoms. The molecule has 38 heavy (non-hydrogen) atoms. The number of benzene rings is 3. The molecule has 4 rings (SSSR count). The molecule has 4 aromatic rings. The van der Waals surface area contributed by atoms with E-state index in [1.54, 1.807) is 6.07 Å². The second kappa shape index (κ2) is 14.7. The van der Waals surface area contributed by atoms with Crippen LogP contribution >= 0.6 is 0 Å². The Hall–Kier alpha value is -3.14. The number of aromatic nitrogens is 1. The average Bonchev–Trinajstić information content (AvgIpc) is 2.84. The van der Waals surface area contributed by atoms with Crippen LogP contribution in [0.5, 0.6) is 0 Å². The molecule has 0 aliphatic heterocycles. The predicted octanol–water partition coefficient (Wildman–Crippen LogP) is 8.90. The number of pyridine rings is 1. The number of aliphatic hydroxyl groups is 1. The number of fused-ring (bicyclic) bond motifs is 1. The third kappa shape index (κ3) is 9.00. The van der Waals surface area contributed by atoms with E-state index in [9.17, 15) is 14.3 Å². The number of aliphatic hydroxyl groups excluding tert-OH is 1. The molecular formula is C33H35FIrNO2-. The zero-order valence-electron chi connectivity index (χ0n) is 22.6. The number of carbonyl (C=O) groups is 1. The molecule has 0 spiro atoms. The van der Waals surface area contributed by atoms with Crippen LogP contribution in [0.4, 0.5) is 4.39 Å². The van der Waals surface area contributed by atoms with Gasteiger partial charge in [-0.25, -0.2) is 4.39 Å². The summed E-state index contributed by atoms with van der Waals surface area (Å²) in [5, 5.41) is 10.4. The molecule has 0 atom stereocenters. The molecule has 1 aromatic heterocycles. The maximum absolute atomic E-state index is 13.7. The van der Waals surface area contributed by atoms with Gasteiger partial charge >= 0.3 is 0 Å². The fraction of sp³-hybridized carbons (Fsp3) is 0.273. The number of carbonyl (C=O) groups excluding carboxylic acids is 1. The van der Waals surface area contributed by atoms with Crippen molar-refractivity contribution in [3.05, 3.63) is 102 Å². The molecule has 3 aromatic carbocycles. The van der Waals surface area contributed by atoms with Crippen LogP contribution in [0.25, 0.3) is 33.3 Å². The molecule has 1 N–H and O–H groups in total. The molecule has 0 saturated heterocycles. The first-order valence-electron chi connectivity index (χ1n) is 12.7. The molecule has 0 saturated carbocycles. The smallest absolute Gasteiger partial charge is 0.159 e. The second-order valence-corrected chi connectivity index (χ2v) is 10.1. The standard InChI is InChI=1S/C22H15FN.C11H20O2.Ir/c1-15-11-12-17(23)13-19(15)22-14-20(16-7-3-2-4-8-16)18-9-5-6-10-21(18)24-22;1-8(2)5-10(12)7-11(13)6-9(3)4;/h2-12,14H,1H3;7-9,12H,5-6H2,1-4H3;/q-1;;/b;10-7-;. The number of hydrogen-bond donors (Lipinski definition) is 1. The molecule has 0 aliphatic carbocycles. The second-order valence-electron chi connectivity index (χ2n) is 10.1. The van der Waals surface area contributed by atoms with Gasteiger partial charge in [0.15, 0.2) is 5.78 Å². The first kappa shape index (κ1) is 31.1. The van der Waals surface area contributed by atoms with Crippen molar-refractivity contribution >= 4 is 16.7 Å². The van der Waals surface area contributed by atoms with E-state index in [2.05, 4.69) is 24.3 Å². The van der Waals surface area contributed by atoms with Crippen LogP contribution in [0.2, 0.25) is 0 Å². The summed E-state index contributed by atoms with van der Waals surface area (Å²) in [6.07, 6.45) is 2.46. The molecular weight excluding hydrogens is 654 g/mol. The molecule has 3 nitrogen and oxygen atoms in total. The summed E-state index contributed by atoms with van der Waals surface area (Å²) in [5.41, 5.74) is 5.51. The number of ketones is 1. The van der Waals surface area contributed by atoms with Gasteiger partial charge in [0, 0.05) is 50.2 Å². The maximum atomic E-state index is 13.7. The van der Waals surface area contributed by atoms with Crippen molar-refractivity contribution in [2.24, 2.45) is 11.8 Å². The van der Waals surface area contributed by atoms with E-state index in [0.29, 0.717) is 30.2 Å². The first-order valence-corrected chi connectivity index (χ1v) is 12.7. The van der Waals surface area contributed by atoms with Crippen LogP contribution in [-0.2, 0) is 24.9 Å². The quantitative estimate of drug-likeness (QED) is 0.120. The molecule has 0 fully saturated rings. The van der Waals surface area contributed by atoms with E-state index >= 15 is 0 Å². The van der Waals surface area contributed by atoms with Crippen molar-refractivity contribution < 1.29 is 34.4 Å². The minimum atomic E-state index is -0.369. The maximum Gasteiger partial charge on any atom is 0.159 e. The number of para-hydroxylation sites is 1. The van der Waals surface area contributed by atoms with Crippen LogP contribution in [0, 0.1) is 30.6 Å². The Morgan fingerprint density at radius 2 is 1.58 bits per heavy atom. The fourth-order valence-corrected chi connectivity index (χ4v) is 4.09. The molecule has 0 aliphatic rings. The summed E-state index contributed by atoms with van der Waals surface area (Å²) in [4.78, 5) is 15.9. The van der Waals surface area contributed by atoms with Gasteiger partial charge in [0.05, 0.1) is 11.3 Å². The Kier molecular flexibility index (Phi) is 12.0. The van der Waals surface area contributed by atoms with Crippen molar-refractivity contribution in [3.8, 4) is 22.4 Å². The topological polar surface area (TPSA) is 50.2 Å². The molecule has 201 valence electrons. The van der Waals surface area contributed by atoms with Gasteiger partial charge in [-0.15, -0.1) is 29.3 Å². The van der Waals surface area contributed by atoms with E-state index in [1.807, 2.05) is 77.1 Å². The predicted molar refractivity (Wildman–Crippen MR) is 151 cm³/mol. The minimum absolute atomic E-state index is 0. The van der Waals surface area contributed by atoms with E-state index in [0.717, 1.165) is 33.3 Å². The van der Waals surface area contributed by atoms with Crippen LogP contribution in [0.3, 0.4) is 0 Å². The summed E-state index contributed by atoms with van der Waals surface area (Å²) in [7, 11) is 0. The Bertz CT molecular complexity index is 1380. The SMILES string of the molecule is CC(C)CC(=O)/C=C(\O)CC(C)C.Cc1ccc(F)[c-]c1-c1cc(-c2ccccc2)c2ccccc2n1.[Ir]. The van der Waals surface area contributed by atoms with E-state index in [4.69, 9.17) is 4.98 Å². The van der Waals surface area contributed by atoms with Gasteiger partial charge in [0.1, 0.15) is 0 Å². The van der Waals surface area contributed by atoms with E-state index in [1.165, 1.54) is 12.1 Å². The van der Waals surface area contributed by atoms with Gasteiger partial charge in [-0.2, -0.15) is 0 Å². The first-order chi connectivity index (χ1) is 17.6. The van der Waals surface area contributed by atoms with Crippen molar-refractivity contribution in [2.75, 3.05) is 0 Å². The van der Waals surface area contributed by atoms with Gasteiger partial charge in [-0.1, -0.05) is 89.2 Å². The van der Waals surface area contributed by atoms with Crippen molar-refractivity contribution in [1.82, 2.24) is 4.98 Å². The Morgan fingerprint density at radius 3 is 2.24 bits per heavy atom. The van der Waals surface area contributed by atoms with Crippen LogP contribution in [0.15, 0.2) is 84.6 Å². The van der Waals surface area contributed by atoms with E-state index in [-0.39, 0.29) is 37.5 Å². The van der Waals surface area contributed by atoms with Crippen LogP contribution in [-0.4, -0.2) is 15.9 Å². The minimum Gasteiger partial charge on any atom is -0.512 e.